The Morgan fingerprint density at radius 1 is 0.789 bits per heavy atom. The fourth-order valence-corrected chi connectivity index (χ4v) is 4.55. The van der Waals surface area contributed by atoms with Crippen LogP contribution in [0.4, 0.5) is 0 Å². The van der Waals surface area contributed by atoms with E-state index in [0.29, 0.717) is 33.0 Å². The van der Waals surface area contributed by atoms with E-state index in [1.807, 2.05) is 49.4 Å². The van der Waals surface area contributed by atoms with E-state index in [2.05, 4.69) is 42.6 Å². The number of aryl methyl sites for hydroxylation is 1. The van der Waals surface area contributed by atoms with Gasteiger partial charge in [-0.3, -0.25) is 0 Å². The summed E-state index contributed by atoms with van der Waals surface area (Å²) in [6.45, 7) is 8.47. The molecule has 38 heavy (non-hydrogen) atoms. The zero-order valence-electron chi connectivity index (χ0n) is 22.1. The van der Waals surface area contributed by atoms with Crippen molar-refractivity contribution in [2.24, 2.45) is 0 Å². The highest BCUT2D eigenvalue weighted by atomic mass is 16.5. The van der Waals surface area contributed by atoms with Crippen LogP contribution in [0.25, 0.3) is 21.9 Å². The lowest BCUT2D eigenvalue weighted by Crippen LogP contribution is -2.17. The molecule has 0 fully saturated rings. The summed E-state index contributed by atoms with van der Waals surface area (Å²) in [5.41, 5.74) is 5.11. The minimum atomic E-state index is 0.391. The standard InChI is InChI=1S/C32H35NO5/c1-3-34-21-27-18-26-17-25(13-14-28(26)37-27)20-35-22-31-23(2)32-29(11-7-12-30(32)38-31)36-16-8-15-33-19-24-9-5-4-6-10-24/h4-7,9-14,17-18,33H,3,8,15-16,19-22H2,1-2H3. The van der Waals surface area contributed by atoms with Crippen molar-refractivity contribution in [2.75, 3.05) is 19.8 Å². The smallest absolute Gasteiger partial charge is 0.138 e. The van der Waals surface area contributed by atoms with Gasteiger partial charge in [-0.1, -0.05) is 42.5 Å². The van der Waals surface area contributed by atoms with Crippen molar-refractivity contribution in [2.45, 2.75) is 46.6 Å². The number of hydrogen-bond donors (Lipinski definition) is 1. The van der Waals surface area contributed by atoms with Crippen molar-refractivity contribution >= 4 is 21.9 Å². The predicted molar refractivity (Wildman–Crippen MR) is 149 cm³/mol. The predicted octanol–water partition coefficient (Wildman–Crippen LogP) is 7.30. The molecule has 6 heteroatoms. The van der Waals surface area contributed by atoms with Crippen LogP contribution in [0.5, 0.6) is 5.75 Å². The molecule has 0 aliphatic heterocycles. The van der Waals surface area contributed by atoms with E-state index in [0.717, 1.165) is 69.8 Å². The fourth-order valence-electron chi connectivity index (χ4n) is 4.55. The van der Waals surface area contributed by atoms with Crippen LogP contribution in [0.1, 0.15) is 41.6 Å². The summed E-state index contributed by atoms with van der Waals surface area (Å²) in [5, 5.41) is 5.54. The third-order valence-corrected chi connectivity index (χ3v) is 6.52. The van der Waals surface area contributed by atoms with Crippen molar-refractivity contribution in [1.82, 2.24) is 5.32 Å². The largest absolute Gasteiger partial charge is 0.493 e. The summed E-state index contributed by atoms with van der Waals surface area (Å²) in [4.78, 5) is 0. The minimum absolute atomic E-state index is 0.391. The Balaban J connectivity index is 1.13. The van der Waals surface area contributed by atoms with Gasteiger partial charge in [0, 0.05) is 24.1 Å². The number of rotatable bonds is 14. The molecule has 3 aromatic carbocycles. The molecule has 0 aliphatic rings. The molecular weight excluding hydrogens is 478 g/mol. The van der Waals surface area contributed by atoms with Crippen LogP contribution >= 0.6 is 0 Å². The molecule has 6 nitrogen and oxygen atoms in total. The maximum atomic E-state index is 6.15. The normalized spacial score (nSPS) is 11.5. The van der Waals surface area contributed by atoms with Crippen LogP contribution in [0, 0.1) is 6.92 Å². The van der Waals surface area contributed by atoms with Crippen LogP contribution in [-0.2, 0) is 35.8 Å². The third-order valence-electron chi connectivity index (χ3n) is 6.52. The molecule has 0 unspecified atom stereocenters. The van der Waals surface area contributed by atoms with Gasteiger partial charge in [-0.25, -0.2) is 0 Å². The Bertz CT molecular complexity index is 1450. The van der Waals surface area contributed by atoms with Crippen molar-refractivity contribution in [1.29, 1.82) is 0 Å². The zero-order valence-corrected chi connectivity index (χ0v) is 22.1. The van der Waals surface area contributed by atoms with E-state index in [-0.39, 0.29) is 0 Å². The van der Waals surface area contributed by atoms with Crippen molar-refractivity contribution in [3.05, 3.63) is 101 Å². The van der Waals surface area contributed by atoms with Crippen LogP contribution in [0.3, 0.4) is 0 Å². The molecule has 0 aliphatic carbocycles. The van der Waals surface area contributed by atoms with Crippen LogP contribution in [-0.4, -0.2) is 19.8 Å². The molecule has 0 saturated heterocycles. The average Bonchev–Trinajstić information content (AvgIpc) is 3.50. The lowest BCUT2D eigenvalue weighted by atomic mass is 10.1. The van der Waals surface area contributed by atoms with Gasteiger partial charge in [0.05, 0.1) is 18.6 Å². The summed E-state index contributed by atoms with van der Waals surface area (Å²) in [5.74, 6) is 2.51. The van der Waals surface area contributed by atoms with E-state index < -0.39 is 0 Å². The van der Waals surface area contributed by atoms with Crippen LogP contribution in [0.2, 0.25) is 0 Å². The molecule has 5 rings (SSSR count). The number of ether oxygens (including phenoxy) is 3. The lowest BCUT2D eigenvalue weighted by Gasteiger charge is -2.09. The molecule has 2 heterocycles. The summed E-state index contributed by atoms with van der Waals surface area (Å²) < 4.78 is 29.6. The molecule has 2 aromatic heterocycles. The number of nitrogens with one attached hydrogen (secondary N) is 1. The monoisotopic (exact) mass is 513 g/mol. The topological polar surface area (TPSA) is 66.0 Å². The first kappa shape index (κ1) is 26.0. The van der Waals surface area contributed by atoms with Crippen LogP contribution in [0.15, 0.2) is 81.6 Å². The molecule has 0 saturated carbocycles. The molecule has 0 spiro atoms. The molecule has 1 N–H and O–H groups in total. The summed E-state index contributed by atoms with van der Waals surface area (Å²) in [7, 11) is 0. The first-order valence-corrected chi connectivity index (χ1v) is 13.3. The summed E-state index contributed by atoms with van der Waals surface area (Å²) in [6.07, 6.45) is 0.921. The Hall–Kier alpha value is -3.58. The van der Waals surface area contributed by atoms with Crippen LogP contribution < -0.4 is 10.1 Å². The minimum Gasteiger partial charge on any atom is -0.493 e. The Labute approximate surface area is 223 Å². The van der Waals surface area contributed by atoms with Gasteiger partial charge in [0.25, 0.3) is 0 Å². The van der Waals surface area contributed by atoms with Crippen molar-refractivity contribution < 1.29 is 23.0 Å². The fraction of sp³-hybridized carbons (Fsp3) is 0.312. The number of fused-ring (bicyclic) bond motifs is 2. The van der Waals surface area contributed by atoms with Crippen molar-refractivity contribution in [3.63, 3.8) is 0 Å². The highest BCUT2D eigenvalue weighted by Crippen LogP contribution is 2.33. The second-order valence-corrected chi connectivity index (χ2v) is 9.36. The van der Waals surface area contributed by atoms with E-state index in [9.17, 15) is 0 Å². The SMILES string of the molecule is CCOCc1cc2cc(COCc3oc4cccc(OCCCNCc5ccccc5)c4c3C)ccc2o1. The Kier molecular flexibility index (Phi) is 8.76. The number of benzene rings is 3. The average molecular weight is 514 g/mol. The maximum absolute atomic E-state index is 6.15. The van der Waals surface area contributed by atoms with Gasteiger partial charge in [-0.05, 0) is 68.3 Å². The van der Waals surface area contributed by atoms with Gasteiger partial charge in [0.1, 0.15) is 41.6 Å². The second kappa shape index (κ2) is 12.8. The van der Waals surface area contributed by atoms with Crippen molar-refractivity contribution in [3.8, 4) is 5.75 Å². The quantitative estimate of drug-likeness (QED) is 0.157. The van der Waals surface area contributed by atoms with E-state index in [4.69, 9.17) is 23.0 Å². The third kappa shape index (κ3) is 6.45. The van der Waals surface area contributed by atoms with Gasteiger partial charge in [0.15, 0.2) is 0 Å². The first-order chi connectivity index (χ1) is 18.7. The van der Waals surface area contributed by atoms with E-state index in [1.54, 1.807) is 0 Å². The Morgan fingerprint density at radius 3 is 2.55 bits per heavy atom. The van der Waals surface area contributed by atoms with Gasteiger partial charge in [0.2, 0.25) is 0 Å². The van der Waals surface area contributed by atoms with Gasteiger partial charge in [-0.2, -0.15) is 0 Å². The number of hydrogen-bond acceptors (Lipinski definition) is 6. The molecule has 0 atom stereocenters. The Morgan fingerprint density at radius 2 is 1.68 bits per heavy atom. The van der Waals surface area contributed by atoms with Gasteiger partial charge >= 0.3 is 0 Å². The first-order valence-electron chi connectivity index (χ1n) is 13.3. The molecule has 0 radical (unpaired) electrons. The lowest BCUT2D eigenvalue weighted by molar-refractivity contribution is 0.0936. The molecular formula is C32H35NO5. The second-order valence-electron chi connectivity index (χ2n) is 9.36. The molecule has 5 aromatic rings. The van der Waals surface area contributed by atoms with Gasteiger partial charge < -0.3 is 28.4 Å². The number of furan rings is 2. The molecule has 198 valence electrons. The molecule has 0 bridgehead atoms. The van der Waals surface area contributed by atoms with E-state index >= 15 is 0 Å². The highest BCUT2D eigenvalue weighted by Gasteiger charge is 2.15. The molecule has 0 amide bonds. The summed E-state index contributed by atoms with van der Waals surface area (Å²) >= 11 is 0. The maximum Gasteiger partial charge on any atom is 0.138 e. The van der Waals surface area contributed by atoms with E-state index in [1.165, 1.54) is 5.56 Å². The highest BCUT2D eigenvalue weighted by molar-refractivity contribution is 5.88. The zero-order chi connectivity index (χ0) is 26.2. The van der Waals surface area contributed by atoms with Gasteiger partial charge in [-0.15, -0.1) is 0 Å². The summed E-state index contributed by atoms with van der Waals surface area (Å²) in [6, 6.07) is 24.5.